The molecule has 0 unspecified atom stereocenters. The highest BCUT2D eigenvalue weighted by Crippen LogP contribution is 2.11. The highest BCUT2D eigenvalue weighted by Gasteiger charge is 2.05. The molecule has 3 amide bonds. The van der Waals surface area contributed by atoms with Crippen LogP contribution in [0.1, 0.15) is 15.9 Å². The Kier molecular flexibility index (Phi) is 7.21. The maximum Gasteiger partial charge on any atom is 0.315 e. The lowest BCUT2D eigenvalue weighted by Gasteiger charge is -2.09. The summed E-state index contributed by atoms with van der Waals surface area (Å²) in [7, 11) is 1.54. The molecule has 25 heavy (non-hydrogen) atoms. The minimum atomic E-state index is -0.313. The number of ether oxygens (including phenoxy) is 1. The molecule has 0 bridgehead atoms. The lowest BCUT2D eigenvalue weighted by atomic mass is 10.2. The molecule has 132 valence electrons. The topological polar surface area (TPSA) is 92.4 Å². The second-order valence-corrected chi connectivity index (χ2v) is 6.00. The van der Waals surface area contributed by atoms with Gasteiger partial charge in [0.15, 0.2) is 0 Å². The van der Waals surface area contributed by atoms with Gasteiger partial charge in [-0.1, -0.05) is 22.0 Å². The average molecular weight is 407 g/mol. The third kappa shape index (κ3) is 6.42. The Balaban J connectivity index is 1.66. The molecule has 2 aromatic rings. The Hall–Kier alpha value is -2.61. The van der Waals surface area contributed by atoms with Crippen LogP contribution in [-0.4, -0.2) is 37.1 Å². The van der Waals surface area contributed by atoms with E-state index in [9.17, 15) is 9.59 Å². The number of carbonyl (C=O) groups excluding carboxylic acids is 2. The molecule has 0 fully saturated rings. The van der Waals surface area contributed by atoms with Crippen LogP contribution in [0.15, 0.2) is 47.1 Å². The van der Waals surface area contributed by atoms with Crippen LogP contribution >= 0.6 is 15.9 Å². The number of methoxy groups -OCH3 is 1. The van der Waals surface area contributed by atoms with Crippen LogP contribution in [0, 0.1) is 0 Å². The fourth-order valence-corrected chi connectivity index (χ4v) is 2.40. The standard InChI is InChI=1S/C17H19BrN4O3/c1-25-15-9-12(5-6-19-15)11-22-17(24)21-8-7-20-16(23)13-3-2-4-14(18)10-13/h2-6,9-10H,7-8,11H2,1H3,(H,20,23)(H2,21,22,24). The van der Waals surface area contributed by atoms with E-state index in [4.69, 9.17) is 4.74 Å². The summed E-state index contributed by atoms with van der Waals surface area (Å²) in [5.74, 6) is 0.308. The van der Waals surface area contributed by atoms with Crippen molar-refractivity contribution in [2.45, 2.75) is 6.54 Å². The van der Waals surface area contributed by atoms with Crippen molar-refractivity contribution in [3.8, 4) is 5.88 Å². The van der Waals surface area contributed by atoms with E-state index in [1.807, 2.05) is 6.07 Å². The first-order valence-corrected chi connectivity index (χ1v) is 8.42. The molecule has 2 rings (SSSR count). The Bertz CT molecular complexity index is 739. The summed E-state index contributed by atoms with van der Waals surface area (Å²) in [6.07, 6.45) is 1.62. The third-order valence-corrected chi connectivity index (χ3v) is 3.74. The third-order valence-electron chi connectivity index (χ3n) is 3.24. The number of carbonyl (C=O) groups is 2. The molecule has 0 aliphatic heterocycles. The van der Waals surface area contributed by atoms with Crippen molar-refractivity contribution < 1.29 is 14.3 Å². The van der Waals surface area contributed by atoms with Crippen LogP contribution < -0.4 is 20.7 Å². The highest BCUT2D eigenvalue weighted by atomic mass is 79.9. The first-order chi connectivity index (χ1) is 12.1. The number of halogens is 1. The van der Waals surface area contributed by atoms with Crippen molar-refractivity contribution >= 4 is 27.9 Å². The van der Waals surface area contributed by atoms with Crippen molar-refractivity contribution in [1.82, 2.24) is 20.9 Å². The first kappa shape index (κ1) is 18.7. The number of pyridine rings is 1. The molecule has 3 N–H and O–H groups in total. The lowest BCUT2D eigenvalue weighted by molar-refractivity contribution is 0.0953. The molecule has 1 aromatic heterocycles. The zero-order chi connectivity index (χ0) is 18.1. The molecule has 0 spiro atoms. The van der Waals surface area contributed by atoms with Gasteiger partial charge in [-0.3, -0.25) is 4.79 Å². The van der Waals surface area contributed by atoms with Crippen molar-refractivity contribution in [3.05, 3.63) is 58.2 Å². The SMILES string of the molecule is COc1cc(CNC(=O)NCCNC(=O)c2cccc(Br)c2)ccn1. The van der Waals surface area contributed by atoms with Gasteiger partial charge in [-0.25, -0.2) is 9.78 Å². The Morgan fingerprint density at radius 2 is 1.92 bits per heavy atom. The summed E-state index contributed by atoms with van der Waals surface area (Å²) < 4.78 is 5.86. The predicted molar refractivity (Wildman–Crippen MR) is 97.5 cm³/mol. The molecule has 0 aliphatic rings. The van der Waals surface area contributed by atoms with E-state index in [0.29, 0.717) is 31.1 Å². The van der Waals surface area contributed by atoms with Crippen molar-refractivity contribution in [1.29, 1.82) is 0 Å². The Morgan fingerprint density at radius 3 is 2.68 bits per heavy atom. The number of nitrogens with zero attached hydrogens (tertiary/aromatic N) is 1. The second-order valence-electron chi connectivity index (χ2n) is 5.08. The molecular weight excluding hydrogens is 388 g/mol. The van der Waals surface area contributed by atoms with Gasteiger partial charge in [0.1, 0.15) is 0 Å². The second kappa shape index (κ2) is 9.63. The van der Waals surface area contributed by atoms with Gasteiger partial charge < -0.3 is 20.7 Å². The molecule has 0 radical (unpaired) electrons. The summed E-state index contributed by atoms with van der Waals surface area (Å²) in [6.45, 7) is 1.02. The van der Waals surface area contributed by atoms with E-state index < -0.39 is 0 Å². The average Bonchev–Trinajstić information content (AvgIpc) is 2.63. The number of amides is 3. The van der Waals surface area contributed by atoms with Gasteiger partial charge >= 0.3 is 6.03 Å². The summed E-state index contributed by atoms with van der Waals surface area (Å²) >= 11 is 3.32. The maximum atomic E-state index is 11.9. The minimum Gasteiger partial charge on any atom is -0.481 e. The van der Waals surface area contributed by atoms with Gasteiger partial charge in [0.05, 0.1) is 7.11 Å². The van der Waals surface area contributed by atoms with E-state index in [-0.39, 0.29) is 11.9 Å². The fourth-order valence-electron chi connectivity index (χ4n) is 2.00. The summed E-state index contributed by atoms with van der Waals surface area (Å²) in [6, 6.07) is 10.3. The molecule has 8 heteroatoms. The van der Waals surface area contributed by atoms with Crippen LogP contribution in [0.5, 0.6) is 5.88 Å². The van der Waals surface area contributed by atoms with Crippen molar-refractivity contribution in [3.63, 3.8) is 0 Å². The van der Waals surface area contributed by atoms with Gasteiger partial charge in [-0.05, 0) is 29.8 Å². The van der Waals surface area contributed by atoms with Crippen LogP contribution in [0.3, 0.4) is 0 Å². The Morgan fingerprint density at radius 1 is 1.12 bits per heavy atom. The number of nitrogens with one attached hydrogen (secondary N) is 3. The fraction of sp³-hybridized carbons (Fsp3) is 0.235. The van der Waals surface area contributed by atoms with E-state index in [1.165, 1.54) is 7.11 Å². The molecular formula is C17H19BrN4O3. The van der Waals surface area contributed by atoms with Crippen LogP contribution in [0.25, 0.3) is 0 Å². The largest absolute Gasteiger partial charge is 0.481 e. The maximum absolute atomic E-state index is 11.9. The summed E-state index contributed by atoms with van der Waals surface area (Å²) in [5.41, 5.74) is 1.44. The van der Waals surface area contributed by atoms with E-state index >= 15 is 0 Å². The summed E-state index contributed by atoms with van der Waals surface area (Å²) in [5, 5.41) is 8.15. The van der Waals surface area contributed by atoms with Gasteiger partial charge in [-0.15, -0.1) is 0 Å². The summed E-state index contributed by atoms with van der Waals surface area (Å²) in [4.78, 5) is 27.7. The zero-order valence-electron chi connectivity index (χ0n) is 13.7. The number of rotatable bonds is 7. The number of aromatic nitrogens is 1. The number of hydrogen-bond donors (Lipinski definition) is 3. The molecule has 0 saturated carbocycles. The van der Waals surface area contributed by atoms with Crippen molar-refractivity contribution in [2.24, 2.45) is 0 Å². The molecule has 1 heterocycles. The van der Waals surface area contributed by atoms with Crippen LogP contribution in [0.4, 0.5) is 4.79 Å². The van der Waals surface area contributed by atoms with Gasteiger partial charge in [0.2, 0.25) is 5.88 Å². The molecule has 7 nitrogen and oxygen atoms in total. The molecule has 0 aliphatic carbocycles. The monoisotopic (exact) mass is 406 g/mol. The van der Waals surface area contributed by atoms with E-state index in [0.717, 1.165) is 10.0 Å². The highest BCUT2D eigenvalue weighted by molar-refractivity contribution is 9.10. The molecule has 1 aromatic carbocycles. The number of hydrogen-bond acceptors (Lipinski definition) is 4. The van der Waals surface area contributed by atoms with Gasteiger partial charge in [0.25, 0.3) is 5.91 Å². The lowest BCUT2D eigenvalue weighted by Crippen LogP contribution is -2.40. The number of urea groups is 1. The first-order valence-electron chi connectivity index (χ1n) is 7.63. The smallest absolute Gasteiger partial charge is 0.315 e. The van der Waals surface area contributed by atoms with Gasteiger partial charge in [-0.2, -0.15) is 0 Å². The predicted octanol–water partition coefficient (Wildman–Crippen LogP) is 2.08. The Labute approximate surface area is 154 Å². The molecule has 0 atom stereocenters. The van der Waals surface area contributed by atoms with Crippen LogP contribution in [0.2, 0.25) is 0 Å². The van der Waals surface area contributed by atoms with Gasteiger partial charge in [0, 0.05) is 41.9 Å². The quantitative estimate of drug-likeness (QED) is 0.613. The normalized spacial score (nSPS) is 10.0. The molecule has 0 saturated heterocycles. The van der Waals surface area contributed by atoms with Crippen LogP contribution in [-0.2, 0) is 6.54 Å². The zero-order valence-corrected chi connectivity index (χ0v) is 15.3. The van der Waals surface area contributed by atoms with E-state index in [1.54, 1.807) is 36.5 Å². The van der Waals surface area contributed by atoms with Crippen molar-refractivity contribution in [2.75, 3.05) is 20.2 Å². The number of benzene rings is 1. The van der Waals surface area contributed by atoms with E-state index in [2.05, 4.69) is 36.9 Å². The minimum absolute atomic E-state index is 0.188.